The van der Waals surface area contributed by atoms with Gasteiger partial charge in [0, 0.05) is 17.6 Å². The van der Waals surface area contributed by atoms with Crippen LogP contribution in [-0.4, -0.2) is 15.1 Å². The van der Waals surface area contributed by atoms with Gasteiger partial charge in [0.1, 0.15) is 5.82 Å². The second kappa shape index (κ2) is 5.65. The first-order chi connectivity index (χ1) is 8.20. The summed E-state index contributed by atoms with van der Waals surface area (Å²) in [6.07, 6.45) is 5.72. The minimum atomic E-state index is -0.429. The summed E-state index contributed by atoms with van der Waals surface area (Å²) in [4.78, 5) is 0. The lowest BCUT2D eigenvalue weighted by Crippen LogP contribution is -1.95. The molecule has 2 aromatic rings. The first-order valence-electron chi connectivity index (χ1n) is 5.25. The van der Waals surface area contributed by atoms with Gasteiger partial charge in [-0.25, -0.2) is 9.07 Å². The zero-order valence-electron chi connectivity index (χ0n) is 9.04. The average molecular weight is 318 g/mol. The molecule has 5 heteroatoms. The molecule has 90 valence electrons. The highest BCUT2D eigenvalue weighted by Gasteiger charge is 2.04. The largest absolute Gasteiger partial charge is 0.241 e. The van der Waals surface area contributed by atoms with Crippen LogP contribution in [-0.2, 0) is 6.42 Å². The van der Waals surface area contributed by atoms with Crippen molar-refractivity contribution >= 4 is 27.5 Å². The monoisotopic (exact) mass is 316 g/mol. The molecule has 1 aromatic heterocycles. The fourth-order valence-electron chi connectivity index (χ4n) is 1.53. The van der Waals surface area contributed by atoms with Crippen LogP contribution in [0.15, 0.2) is 30.6 Å². The van der Waals surface area contributed by atoms with Crippen molar-refractivity contribution in [3.05, 3.63) is 47.0 Å². The van der Waals surface area contributed by atoms with E-state index in [1.807, 2.05) is 6.20 Å². The van der Waals surface area contributed by atoms with Crippen LogP contribution in [0.3, 0.4) is 0 Å². The molecule has 17 heavy (non-hydrogen) atoms. The summed E-state index contributed by atoms with van der Waals surface area (Å²) in [6, 6.07) is 4.66. The molecule has 0 amide bonds. The maximum absolute atomic E-state index is 13.3. The molecule has 0 bridgehead atoms. The number of aromatic nitrogens is 2. The van der Waals surface area contributed by atoms with E-state index in [1.165, 1.54) is 12.1 Å². The van der Waals surface area contributed by atoms with E-state index in [4.69, 9.17) is 11.6 Å². The van der Waals surface area contributed by atoms with Gasteiger partial charge in [0.05, 0.1) is 16.9 Å². The van der Waals surface area contributed by atoms with Crippen molar-refractivity contribution in [2.24, 2.45) is 0 Å². The molecule has 0 aliphatic heterocycles. The lowest BCUT2D eigenvalue weighted by Gasteiger charge is -2.01. The first-order valence-corrected chi connectivity index (χ1v) is 6.75. The van der Waals surface area contributed by atoms with Crippen molar-refractivity contribution in [3.8, 4) is 5.69 Å². The summed E-state index contributed by atoms with van der Waals surface area (Å²) >= 11 is 9.02. The molecule has 2 rings (SSSR count). The Bertz CT molecular complexity index is 513. The van der Waals surface area contributed by atoms with E-state index < -0.39 is 5.82 Å². The average Bonchev–Trinajstić information content (AvgIpc) is 2.79. The molecule has 0 unspecified atom stereocenters. The predicted molar refractivity (Wildman–Crippen MR) is 70.6 cm³/mol. The zero-order chi connectivity index (χ0) is 12.3. The van der Waals surface area contributed by atoms with Gasteiger partial charge in [-0.15, -0.1) is 0 Å². The fraction of sp³-hybridized carbons (Fsp3) is 0.250. The van der Waals surface area contributed by atoms with Crippen LogP contribution < -0.4 is 0 Å². The van der Waals surface area contributed by atoms with E-state index in [0.717, 1.165) is 23.7 Å². The van der Waals surface area contributed by atoms with Crippen molar-refractivity contribution in [2.45, 2.75) is 12.8 Å². The molecule has 0 saturated carbocycles. The fourth-order valence-corrected chi connectivity index (χ4v) is 1.93. The van der Waals surface area contributed by atoms with E-state index in [1.54, 1.807) is 16.9 Å². The van der Waals surface area contributed by atoms with Gasteiger partial charge in [0.25, 0.3) is 0 Å². The van der Waals surface area contributed by atoms with E-state index in [-0.39, 0.29) is 5.02 Å². The second-order valence-electron chi connectivity index (χ2n) is 3.68. The van der Waals surface area contributed by atoms with Gasteiger partial charge in [-0.05, 0) is 30.5 Å². The Hall–Kier alpha value is -0.870. The summed E-state index contributed by atoms with van der Waals surface area (Å²) in [7, 11) is 0. The van der Waals surface area contributed by atoms with Gasteiger partial charge >= 0.3 is 0 Å². The van der Waals surface area contributed by atoms with Gasteiger partial charge in [0.15, 0.2) is 0 Å². The number of halogens is 3. The van der Waals surface area contributed by atoms with E-state index >= 15 is 0 Å². The molecule has 0 saturated heterocycles. The molecule has 0 N–H and O–H groups in total. The third kappa shape index (κ3) is 3.07. The third-order valence-electron chi connectivity index (χ3n) is 2.40. The molecule has 0 fully saturated rings. The Balaban J connectivity index is 2.21. The highest BCUT2D eigenvalue weighted by atomic mass is 79.9. The van der Waals surface area contributed by atoms with Crippen molar-refractivity contribution in [1.29, 1.82) is 0 Å². The summed E-state index contributed by atoms with van der Waals surface area (Å²) in [5.41, 5.74) is 1.82. The van der Waals surface area contributed by atoms with Gasteiger partial charge < -0.3 is 0 Å². The maximum atomic E-state index is 13.3. The lowest BCUT2D eigenvalue weighted by molar-refractivity contribution is 0.626. The highest BCUT2D eigenvalue weighted by Crippen LogP contribution is 2.18. The molecule has 2 nitrogen and oxygen atoms in total. The summed E-state index contributed by atoms with van der Waals surface area (Å²) < 4.78 is 15.0. The number of hydrogen-bond donors (Lipinski definition) is 0. The normalized spacial score (nSPS) is 10.8. The zero-order valence-corrected chi connectivity index (χ0v) is 11.4. The number of nitrogens with zero attached hydrogens (tertiary/aromatic N) is 2. The number of benzene rings is 1. The Morgan fingerprint density at radius 1 is 1.41 bits per heavy atom. The molecule has 0 atom stereocenters. The Labute approximate surface area is 113 Å². The molecular weight excluding hydrogens is 307 g/mol. The van der Waals surface area contributed by atoms with Crippen molar-refractivity contribution < 1.29 is 4.39 Å². The minimum absolute atomic E-state index is 0.125. The number of hydrogen-bond acceptors (Lipinski definition) is 1. The number of alkyl halides is 1. The molecule has 1 aromatic carbocycles. The second-order valence-corrected chi connectivity index (χ2v) is 4.88. The molecule has 0 aliphatic carbocycles. The first kappa shape index (κ1) is 12.6. The number of rotatable bonds is 4. The van der Waals surface area contributed by atoms with Gasteiger partial charge in [0.2, 0.25) is 0 Å². The predicted octanol–water partition coefficient (Wildman–Crippen LogP) is 3.99. The smallest absolute Gasteiger partial charge is 0.143 e. The van der Waals surface area contributed by atoms with Crippen molar-refractivity contribution in [1.82, 2.24) is 9.78 Å². The summed E-state index contributed by atoms with van der Waals surface area (Å²) in [5.74, 6) is -0.429. The standard InChI is InChI=1S/C12H11BrClFN2/c13-5-1-2-9-7-16-17(8-9)10-3-4-11(14)12(15)6-10/h3-4,6-8H,1-2,5H2. The number of aryl methyl sites for hydroxylation is 1. The lowest BCUT2D eigenvalue weighted by atomic mass is 10.2. The van der Waals surface area contributed by atoms with Crippen LogP contribution in [0.2, 0.25) is 5.02 Å². The van der Waals surface area contributed by atoms with Gasteiger partial charge in [-0.1, -0.05) is 27.5 Å². The van der Waals surface area contributed by atoms with Gasteiger partial charge in [-0.2, -0.15) is 5.10 Å². The van der Waals surface area contributed by atoms with Crippen molar-refractivity contribution in [2.75, 3.05) is 5.33 Å². The third-order valence-corrected chi connectivity index (χ3v) is 3.27. The molecule has 1 heterocycles. The van der Waals surface area contributed by atoms with Crippen LogP contribution in [0.4, 0.5) is 4.39 Å². The summed E-state index contributed by atoms with van der Waals surface area (Å²) in [6.45, 7) is 0. The molecule has 0 spiro atoms. The molecule has 0 radical (unpaired) electrons. The van der Waals surface area contributed by atoms with E-state index in [2.05, 4.69) is 21.0 Å². The van der Waals surface area contributed by atoms with Gasteiger partial charge in [-0.3, -0.25) is 0 Å². The van der Waals surface area contributed by atoms with Crippen LogP contribution in [0.5, 0.6) is 0 Å². The van der Waals surface area contributed by atoms with Crippen LogP contribution in [0.25, 0.3) is 5.69 Å². The van der Waals surface area contributed by atoms with E-state index in [9.17, 15) is 4.39 Å². The maximum Gasteiger partial charge on any atom is 0.143 e. The SMILES string of the molecule is Fc1cc(-n2cc(CCCBr)cn2)ccc1Cl. The Kier molecular flexibility index (Phi) is 4.18. The molecular formula is C12H11BrClFN2. The van der Waals surface area contributed by atoms with Crippen LogP contribution >= 0.6 is 27.5 Å². The molecule has 0 aliphatic rings. The highest BCUT2D eigenvalue weighted by molar-refractivity contribution is 9.09. The Morgan fingerprint density at radius 2 is 2.24 bits per heavy atom. The van der Waals surface area contributed by atoms with E-state index in [0.29, 0.717) is 5.69 Å². The topological polar surface area (TPSA) is 17.8 Å². The summed E-state index contributed by atoms with van der Waals surface area (Å²) in [5, 5.41) is 5.29. The minimum Gasteiger partial charge on any atom is -0.241 e. The van der Waals surface area contributed by atoms with Crippen LogP contribution in [0, 0.1) is 5.82 Å². The van der Waals surface area contributed by atoms with Crippen LogP contribution in [0.1, 0.15) is 12.0 Å². The quantitative estimate of drug-likeness (QED) is 0.780. The Morgan fingerprint density at radius 3 is 2.94 bits per heavy atom. The van der Waals surface area contributed by atoms with Crippen molar-refractivity contribution in [3.63, 3.8) is 0 Å².